The van der Waals surface area contributed by atoms with E-state index < -0.39 is 0 Å². The van der Waals surface area contributed by atoms with E-state index in [1.165, 1.54) is 5.56 Å². The van der Waals surface area contributed by atoms with E-state index in [1.807, 2.05) is 30.6 Å². The molecule has 2 N–H and O–H groups in total. The van der Waals surface area contributed by atoms with Crippen LogP contribution >= 0.6 is 23.2 Å². The van der Waals surface area contributed by atoms with Gasteiger partial charge in [-0.1, -0.05) is 23.2 Å². The van der Waals surface area contributed by atoms with Gasteiger partial charge in [0.05, 0.1) is 10.7 Å². The molecule has 0 aliphatic carbocycles. The van der Waals surface area contributed by atoms with E-state index in [9.17, 15) is 0 Å². The highest BCUT2D eigenvalue weighted by molar-refractivity contribution is 6.36. The number of hydrogen-bond acceptors (Lipinski definition) is 1. The molecule has 2 aromatic rings. The lowest BCUT2D eigenvalue weighted by molar-refractivity contribution is 1.15. The first-order chi connectivity index (χ1) is 7.25. The van der Waals surface area contributed by atoms with Crippen LogP contribution in [0.5, 0.6) is 0 Å². The molecular formula is C11H10Cl2N2. The maximum absolute atomic E-state index is 6.01. The van der Waals surface area contributed by atoms with E-state index >= 15 is 0 Å². The molecule has 4 heteroatoms. The molecule has 0 atom stereocenters. The Hall–Kier alpha value is -1.12. The molecule has 2 nitrogen and oxygen atoms in total. The highest BCUT2D eigenvalue weighted by Crippen LogP contribution is 2.25. The van der Waals surface area contributed by atoms with Gasteiger partial charge in [-0.2, -0.15) is 0 Å². The average molecular weight is 241 g/mol. The normalized spacial score (nSPS) is 10.3. The van der Waals surface area contributed by atoms with E-state index in [2.05, 4.69) is 10.3 Å². The quantitative estimate of drug-likeness (QED) is 0.836. The summed E-state index contributed by atoms with van der Waals surface area (Å²) in [6, 6.07) is 7.42. The summed E-state index contributed by atoms with van der Waals surface area (Å²) in [6.45, 7) is 0.741. The zero-order valence-electron chi connectivity index (χ0n) is 7.93. The second kappa shape index (κ2) is 4.60. The Morgan fingerprint density at radius 1 is 1.20 bits per heavy atom. The Bertz CT molecular complexity index is 438. The number of aromatic nitrogens is 1. The maximum atomic E-state index is 6.01. The molecule has 1 aromatic heterocycles. The van der Waals surface area contributed by atoms with Crippen molar-refractivity contribution in [1.29, 1.82) is 0 Å². The van der Waals surface area contributed by atoms with Gasteiger partial charge in [0.2, 0.25) is 0 Å². The molecule has 1 heterocycles. The van der Waals surface area contributed by atoms with Gasteiger partial charge in [-0.25, -0.2) is 0 Å². The summed E-state index contributed by atoms with van der Waals surface area (Å²) in [7, 11) is 0. The van der Waals surface area contributed by atoms with Crippen molar-refractivity contribution in [3.63, 3.8) is 0 Å². The molecule has 0 aliphatic rings. The molecule has 0 bridgehead atoms. The summed E-state index contributed by atoms with van der Waals surface area (Å²) in [4.78, 5) is 3.00. The number of nitrogens with one attached hydrogen (secondary N) is 2. The van der Waals surface area contributed by atoms with Crippen molar-refractivity contribution in [3.8, 4) is 0 Å². The van der Waals surface area contributed by atoms with Gasteiger partial charge in [0.1, 0.15) is 0 Å². The predicted octanol–water partition coefficient (Wildman–Crippen LogP) is 3.93. The van der Waals surface area contributed by atoms with Gasteiger partial charge in [0.25, 0.3) is 0 Å². The van der Waals surface area contributed by atoms with Crippen LogP contribution in [0.4, 0.5) is 5.69 Å². The zero-order chi connectivity index (χ0) is 10.7. The molecule has 0 amide bonds. The SMILES string of the molecule is Clc1ccc(NCc2cc[nH]c2)c(Cl)c1. The number of H-pyrrole nitrogens is 1. The Morgan fingerprint density at radius 2 is 2.07 bits per heavy atom. The van der Waals surface area contributed by atoms with Gasteiger partial charge in [0.15, 0.2) is 0 Å². The van der Waals surface area contributed by atoms with Crippen LogP contribution in [0.1, 0.15) is 5.56 Å². The summed E-state index contributed by atoms with van der Waals surface area (Å²) in [5.41, 5.74) is 2.07. The fourth-order valence-corrected chi connectivity index (χ4v) is 1.77. The second-order valence-electron chi connectivity index (χ2n) is 3.20. The van der Waals surface area contributed by atoms with Crippen LogP contribution in [0, 0.1) is 0 Å². The lowest BCUT2D eigenvalue weighted by Gasteiger charge is -2.07. The molecule has 1 aromatic carbocycles. The van der Waals surface area contributed by atoms with Crippen LogP contribution in [-0.2, 0) is 6.54 Å². The first-order valence-corrected chi connectivity index (χ1v) is 5.32. The topological polar surface area (TPSA) is 27.8 Å². The van der Waals surface area contributed by atoms with Crippen molar-refractivity contribution in [3.05, 3.63) is 52.3 Å². The Balaban J connectivity index is 2.05. The number of benzene rings is 1. The lowest BCUT2D eigenvalue weighted by Crippen LogP contribution is -1.98. The molecule has 15 heavy (non-hydrogen) atoms. The van der Waals surface area contributed by atoms with E-state index in [0.717, 1.165) is 12.2 Å². The van der Waals surface area contributed by atoms with Crippen molar-refractivity contribution in [2.75, 3.05) is 5.32 Å². The minimum Gasteiger partial charge on any atom is -0.380 e. The molecule has 0 spiro atoms. The van der Waals surface area contributed by atoms with Crippen LogP contribution in [0.2, 0.25) is 10.0 Å². The molecular weight excluding hydrogens is 231 g/mol. The summed E-state index contributed by atoms with van der Waals surface area (Å²) >= 11 is 11.8. The fraction of sp³-hybridized carbons (Fsp3) is 0.0909. The number of halogens is 2. The highest BCUT2D eigenvalue weighted by Gasteiger charge is 2.00. The van der Waals surface area contributed by atoms with Crippen molar-refractivity contribution < 1.29 is 0 Å². The average Bonchev–Trinajstić information content (AvgIpc) is 2.69. The van der Waals surface area contributed by atoms with E-state index in [0.29, 0.717) is 10.0 Å². The van der Waals surface area contributed by atoms with Gasteiger partial charge in [-0.3, -0.25) is 0 Å². The summed E-state index contributed by atoms with van der Waals surface area (Å²) in [6.07, 6.45) is 3.83. The molecule has 0 fully saturated rings. The monoisotopic (exact) mass is 240 g/mol. The van der Waals surface area contributed by atoms with Crippen molar-refractivity contribution in [1.82, 2.24) is 4.98 Å². The zero-order valence-corrected chi connectivity index (χ0v) is 9.44. The molecule has 78 valence electrons. The molecule has 0 radical (unpaired) electrons. The van der Waals surface area contributed by atoms with Crippen LogP contribution in [0.25, 0.3) is 0 Å². The second-order valence-corrected chi connectivity index (χ2v) is 4.04. The summed E-state index contributed by atoms with van der Waals surface area (Å²) in [5.74, 6) is 0. The van der Waals surface area contributed by atoms with Crippen LogP contribution in [-0.4, -0.2) is 4.98 Å². The first kappa shape index (κ1) is 10.4. The van der Waals surface area contributed by atoms with Crippen molar-refractivity contribution in [2.24, 2.45) is 0 Å². The van der Waals surface area contributed by atoms with Crippen LogP contribution in [0.3, 0.4) is 0 Å². The van der Waals surface area contributed by atoms with E-state index in [1.54, 1.807) is 6.07 Å². The van der Waals surface area contributed by atoms with E-state index in [4.69, 9.17) is 23.2 Å². The largest absolute Gasteiger partial charge is 0.380 e. The maximum Gasteiger partial charge on any atom is 0.0652 e. The molecule has 2 rings (SSSR count). The lowest BCUT2D eigenvalue weighted by atomic mass is 10.3. The molecule has 0 aliphatic heterocycles. The summed E-state index contributed by atoms with van der Waals surface area (Å²) < 4.78 is 0. The fourth-order valence-electron chi connectivity index (χ4n) is 1.30. The van der Waals surface area contributed by atoms with Crippen LogP contribution < -0.4 is 5.32 Å². The number of rotatable bonds is 3. The standard InChI is InChI=1S/C11H10Cl2N2/c12-9-1-2-11(10(13)5-9)15-7-8-3-4-14-6-8/h1-6,14-15H,7H2. The van der Waals surface area contributed by atoms with Gasteiger partial charge < -0.3 is 10.3 Å². The van der Waals surface area contributed by atoms with Gasteiger partial charge in [0, 0.05) is 24.0 Å². The first-order valence-electron chi connectivity index (χ1n) is 4.56. The third-order valence-corrected chi connectivity index (χ3v) is 2.62. The third kappa shape index (κ3) is 2.67. The smallest absolute Gasteiger partial charge is 0.0652 e. The van der Waals surface area contributed by atoms with Crippen LogP contribution in [0.15, 0.2) is 36.7 Å². The molecule has 0 unspecified atom stereocenters. The van der Waals surface area contributed by atoms with Gasteiger partial charge in [-0.05, 0) is 29.8 Å². The Kier molecular flexibility index (Phi) is 3.19. The minimum atomic E-state index is 0.637. The molecule has 0 saturated carbocycles. The molecule has 0 saturated heterocycles. The van der Waals surface area contributed by atoms with Gasteiger partial charge >= 0.3 is 0 Å². The van der Waals surface area contributed by atoms with Crippen molar-refractivity contribution >= 4 is 28.9 Å². The van der Waals surface area contributed by atoms with E-state index in [-0.39, 0.29) is 0 Å². The Labute approximate surface area is 98.2 Å². The Morgan fingerprint density at radius 3 is 2.73 bits per heavy atom. The number of anilines is 1. The predicted molar refractivity (Wildman–Crippen MR) is 64.6 cm³/mol. The third-order valence-electron chi connectivity index (χ3n) is 2.08. The highest BCUT2D eigenvalue weighted by atomic mass is 35.5. The number of hydrogen-bond donors (Lipinski definition) is 2. The number of aromatic amines is 1. The van der Waals surface area contributed by atoms with Crippen molar-refractivity contribution in [2.45, 2.75) is 6.54 Å². The minimum absolute atomic E-state index is 0.637. The summed E-state index contributed by atoms with van der Waals surface area (Å²) in [5, 5.41) is 4.51. The van der Waals surface area contributed by atoms with Gasteiger partial charge in [-0.15, -0.1) is 0 Å².